The maximum atomic E-state index is 11.5. The SMILES string of the molecule is NCCc1ncc(C2CCCS(=O)(=O)C2)cn1. The van der Waals surface area contributed by atoms with Crippen molar-refractivity contribution in [3.8, 4) is 0 Å². The highest BCUT2D eigenvalue weighted by molar-refractivity contribution is 7.91. The van der Waals surface area contributed by atoms with Gasteiger partial charge >= 0.3 is 0 Å². The minimum Gasteiger partial charge on any atom is -0.330 e. The zero-order valence-electron chi connectivity index (χ0n) is 9.67. The quantitative estimate of drug-likeness (QED) is 0.838. The Labute approximate surface area is 101 Å². The molecule has 0 saturated carbocycles. The monoisotopic (exact) mass is 255 g/mol. The molecule has 1 unspecified atom stereocenters. The highest BCUT2D eigenvalue weighted by Gasteiger charge is 2.26. The van der Waals surface area contributed by atoms with E-state index in [1.54, 1.807) is 12.4 Å². The Balaban J connectivity index is 2.11. The summed E-state index contributed by atoms with van der Waals surface area (Å²) in [5, 5.41) is 0. The largest absolute Gasteiger partial charge is 0.330 e. The average Bonchev–Trinajstić information content (AvgIpc) is 2.29. The van der Waals surface area contributed by atoms with Crippen LogP contribution in [0.25, 0.3) is 0 Å². The molecule has 1 aromatic heterocycles. The Morgan fingerprint density at radius 1 is 1.35 bits per heavy atom. The number of sulfone groups is 1. The summed E-state index contributed by atoms with van der Waals surface area (Å²) < 4.78 is 23.1. The number of hydrogen-bond donors (Lipinski definition) is 1. The first-order valence-electron chi connectivity index (χ1n) is 5.82. The van der Waals surface area contributed by atoms with Crippen molar-refractivity contribution in [3.05, 3.63) is 23.8 Å². The van der Waals surface area contributed by atoms with Crippen LogP contribution in [0.1, 0.15) is 30.1 Å². The molecule has 0 amide bonds. The van der Waals surface area contributed by atoms with Gasteiger partial charge in [0.25, 0.3) is 0 Å². The molecule has 1 aliphatic rings. The summed E-state index contributed by atoms with van der Waals surface area (Å²) >= 11 is 0. The molecule has 1 aliphatic heterocycles. The van der Waals surface area contributed by atoms with Crippen LogP contribution in [0.2, 0.25) is 0 Å². The summed E-state index contributed by atoms with van der Waals surface area (Å²) in [6, 6.07) is 0. The molecule has 1 fully saturated rings. The number of nitrogens with zero attached hydrogens (tertiary/aromatic N) is 2. The van der Waals surface area contributed by atoms with E-state index in [0.717, 1.165) is 24.2 Å². The van der Waals surface area contributed by atoms with Gasteiger partial charge in [0, 0.05) is 24.7 Å². The molecule has 0 spiro atoms. The van der Waals surface area contributed by atoms with E-state index < -0.39 is 9.84 Å². The number of rotatable bonds is 3. The second-order valence-electron chi connectivity index (χ2n) is 4.42. The molecule has 2 heterocycles. The van der Waals surface area contributed by atoms with Crippen LogP contribution in [-0.4, -0.2) is 36.4 Å². The third-order valence-electron chi connectivity index (χ3n) is 3.03. The number of hydrogen-bond acceptors (Lipinski definition) is 5. The smallest absolute Gasteiger partial charge is 0.150 e. The molecular formula is C11H17N3O2S. The van der Waals surface area contributed by atoms with Crippen LogP contribution < -0.4 is 5.73 Å². The van der Waals surface area contributed by atoms with E-state index in [2.05, 4.69) is 9.97 Å². The van der Waals surface area contributed by atoms with Gasteiger partial charge in [-0.25, -0.2) is 18.4 Å². The lowest BCUT2D eigenvalue weighted by molar-refractivity contribution is 0.552. The van der Waals surface area contributed by atoms with Crippen LogP contribution in [0.5, 0.6) is 0 Å². The molecule has 94 valence electrons. The lowest BCUT2D eigenvalue weighted by Crippen LogP contribution is -2.24. The van der Waals surface area contributed by atoms with Gasteiger partial charge in [-0.3, -0.25) is 0 Å². The van der Waals surface area contributed by atoms with Crippen molar-refractivity contribution >= 4 is 9.84 Å². The van der Waals surface area contributed by atoms with Gasteiger partial charge in [0.1, 0.15) is 5.82 Å². The maximum Gasteiger partial charge on any atom is 0.150 e. The fourth-order valence-electron chi connectivity index (χ4n) is 2.12. The minimum absolute atomic E-state index is 0.0562. The van der Waals surface area contributed by atoms with Crippen LogP contribution in [0.3, 0.4) is 0 Å². The van der Waals surface area contributed by atoms with Crippen LogP contribution in [0.4, 0.5) is 0 Å². The lowest BCUT2D eigenvalue weighted by Gasteiger charge is -2.21. The first-order chi connectivity index (χ1) is 8.11. The van der Waals surface area contributed by atoms with E-state index >= 15 is 0 Å². The predicted octanol–water partition coefficient (Wildman–Crippen LogP) is 0.270. The molecule has 1 atom stereocenters. The van der Waals surface area contributed by atoms with Gasteiger partial charge in [-0.15, -0.1) is 0 Å². The van der Waals surface area contributed by atoms with Crippen LogP contribution in [-0.2, 0) is 16.3 Å². The van der Waals surface area contributed by atoms with Gasteiger partial charge in [0.05, 0.1) is 11.5 Å². The van der Waals surface area contributed by atoms with Gasteiger partial charge < -0.3 is 5.73 Å². The zero-order chi connectivity index (χ0) is 12.3. The Morgan fingerprint density at radius 3 is 2.65 bits per heavy atom. The highest BCUT2D eigenvalue weighted by atomic mass is 32.2. The third-order valence-corrected chi connectivity index (χ3v) is 4.85. The normalized spacial score (nSPS) is 23.5. The lowest BCUT2D eigenvalue weighted by atomic mass is 9.99. The third kappa shape index (κ3) is 3.23. The molecule has 2 rings (SSSR count). The topological polar surface area (TPSA) is 85.9 Å². The van der Waals surface area contributed by atoms with Crippen molar-refractivity contribution < 1.29 is 8.42 Å². The molecule has 1 aromatic rings. The van der Waals surface area contributed by atoms with Gasteiger partial charge in [0.15, 0.2) is 9.84 Å². The Bertz CT molecular complexity index is 470. The zero-order valence-corrected chi connectivity index (χ0v) is 10.5. The van der Waals surface area contributed by atoms with Crippen molar-refractivity contribution in [1.29, 1.82) is 0 Å². The van der Waals surface area contributed by atoms with Crippen LogP contribution >= 0.6 is 0 Å². The summed E-state index contributed by atoms with van der Waals surface area (Å²) in [6.45, 7) is 0.525. The Kier molecular flexibility index (Phi) is 3.73. The molecule has 6 heteroatoms. The van der Waals surface area contributed by atoms with Crippen molar-refractivity contribution in [2.45, 2.75) is 25.2 Å². The van der Waals surface area contributed by atoms with E-state index in [9.17, 15) is 8.42 Å². The Morgan fingerprint density at radius 2 is 2.06 bits per heavy atom. The van der Waals surface area contributed by atoms with Crippen molar-refractivity contribution in [2.24, 2.45) is 5.73 Å². The van der Waals surface area contributed by atoms with Gasteiger partial charge in [-0.2, -0.15) is 0 Å². The summed E-state index contributed by atoms with van der Waals surface area (Å²) in [4.78, 5) is 8.41. The second-order valence-corrected chi connectivity index (χ2v) is 6.65. The first-order valence-corrected chi connectivity index (χ1v) is 7.64. The molecule has 0 radical (unpaired) electrons. The summed E-state index contributed by atoms with van der Waals surface area (Å²) in [7, 11) is -2.88. The van der Waals surface area contributed by atoms with Crippen LogP contribution in [0, 0.1) is 0 Å². The average molecular weight is 255 g/mol. The number of aromatic nitrogens is 2. The first kappa shape index (κ1) is 12.4. The Hall–Kier alpha value is -1.01. The van der Waals surface area contributed by atoms with E-state index in [1.165, 1.54) is 0 Å². The van der Waals surface area contributed by atoms with E-state index in [-0.39, 0.29) is 11.7 Å². The van der Waals surface area contributed by atoms with Gasteiger partial charge in [0.2, 0.25) is 0 Å². The van der Waals surface area contributed by atoms with Crippen molar-refractivity contribution in [2.75, 3.05) is 18.1 Å². The molecular weight excluding hydrogens is 238 g/mol. The van der Waals surface area contributed by atoms with E-state index in [1.807, 2.05) is 0 Å². The van der Waals surface area contributed by atoms with Crippen LogP contribution in [0.15, 0.2) is 12.4 Å². The minimum atomic E-state index is -2.88. The van der Waals surface area contributed by atoms with Gasteiger partial charge in [-0.05, 0) is 24.9 Å². The summed E-state index contributed by atoms with van der Waals surface area (Å²) in [5.41, 5.74) is 6.34. The molecule has 1 saturated heterocycles. The highest BCUT2D eigenvalue weighted by Crippen LogP contribution is 2.27. The van der Waals surface area contributed by atoms with Crippen molar-refractivity contribution in [1.82, 2.24) is 9.97 Å². The summed E-state index contributed by atoms with van der Waals surface area (Å²) in [6.07, 6.45) is 5.77. The fraction of sp³-hybridized carbons (Fsp3) is 0.636. The molecule has 0 aliphatic carbocycles. The molecule has 0 aromatic carbocycles. The maximum absolute atomic E-state index is 11.5. The summed E-state index contributed by atoms with van der Waals surface area (Å²) in [5.74, 6) is 1.32. The van der Waals surface area contributed by atoms with E-state index in [4.69, 9.17) is 5.73 Å². The van der Waals surface area contributed by atoms with Crippen molar-refractivity contribution in [3.63, 3.8) is 0 Å². The fourth-order valence-corrected chi connectivity index (χ4v) is 3.86. The predicted molar refractivity (Wildman–Crippen MR) is 65.4 cm³/mol. The molecule has 2 N–H and O–H groups in total. The van der Waals surface area contributed by atoms with E-state index in [0.29, 0.717) is 18.7 Å². The molecule has 17 heavy (non-hydrogen) atoms. The standard InChI is InChI=1S/C11H17N3O2S/c12-4-3-11-13-6-10(7-14-11)9-2-1-5-17(15,16)8-9/h6-7,9H,1-5,8,12H2. The molecule has 5 nitrogen and oxygen atoms in total. The number of nitrogens with two attached hydrogens (primary N) is 1. The molecule has 0 bridgehead atoms. The second kappa shape index (κ2) is 5.10. The van der Waals surface area contributed by atoms with Gasteiger partial charge in [-0.1, -0.05) is 0 Å².